The molecule has 1 saturated carbocycles. The molecule has 5 nitrogen and oxygen atoms in total. The van der Waals surface area contributed by atoms with Gasteiger partial charge in [-0.25, -0.2) is 0 Å². The molecule has 0 bridgehead atoms. The molecular weight excluding hydrogens is 280 g/mol. The van der Waals surface area contributed by atoms with Crippen LogP contribution in [-0.2, 0) is 11.3 Å². The van der Waals surface area contributed by atoms with E-state index in [0.717, 1.165) is 45.0 Å². The summed E-state index contributed by atoms with van der Waals surface area (Å²) in [4.78, 5) is 14.2. The summed E-state index contributed by atoms with van der Waals surface area (Å²) in [6, 6.07) is 2.00. The first-order chi connectivity index (χ1) is 10.6. The van der Waals surface area contributed by atoms with E-state index in [1.165, 1.54) is 19.3 Å². The number of hydrogen-bond acceptors (Lipinski definition) is 4. The minimum atomic E-state index is -0.275. The van der Waals surface area contributed by atoms with Crippen molar-refractivity contribution in [2.24, 2.45) is 5.92 Å². The van der Waals surface area contributed by atoms with E-state index in [1.54, 1.807) is 12.3 Å². The van der Waals surface area contributed by atoms with E-state index in [4.69, 9.17) is 4.74 Å². The zero-order valence-corrected chi connectivity index (χ0v) is 13.3. The summed E-state index contributed by atoms with van der Waals surface area (Å²) in [7, 11) is 0. The van der Waals surface area contributed by atoms with Gasteiger partial charge in [0.1, 0.15) is 0 Å². The van der Waals surface area contributed by atoms with Crippen LogP contribution in [0.4, 0.5) is 0 Å². The second-order valence-corrected chi connectivity index (χ2v) is 6.64. The largest absolute Gasteiger partial charge is 0.503 e. The zero-order valence-electron chi connectivity index (χ0n) is 13.3. The normalized spacial score (nSPS) is 27.0. The van der Waals surface area contributed by atoms with Crippen LogP contribution in [0.15, 0.2) is 17.1 Å². The van der Waals surface area contributed by atoms with Gasteiger partial charge in [-0.2, -0.15) is 0 Å². The average molecular weight is 306 g/mol. The number of pyridine rings is 1. The van der Waals surface area contributed by atoms with E-state index in [0.29, 0.717) is 12.0 Å². The maximum absolute atomic E-state index is 11.9. The quantitative estimate of drug-likeness (QED) is 0.929. The van der Waals surface area contributed by atoms with Crippen LogP contribution in [0.1, 0.15) is 44.3 Å². The number of aromatic hydroxyl groups is 1. The van der Waals surface area contributed by atoms with E-state index in [9.17, 15) is 9.90 Å². The zero-order chi connectivity index (χ0) is 15.5. The molecule has 5 heteroatoms. The van der Waals surface area contributed by atoms with Crippen molar-refractivity contribution in [1.82, 2.24) is 9.47 Å². The summed E-state index contributed by atoms with van der Waals surface area (Å²) >= 11 is 0. The third kappa shape index (κ3) is 3.36. The second-order valence-electron chi connectivity index (χ2n) is 6.64. The number of rotatable bonds is 3. The Bertz CT molecular complexity index is 564. The van der Waals surface area contributed by atoms with Crippen LogP contribution >= 0.6 is 0 Å². The molecule has 1 aromatic rings. The molecule has 1 N–H and O–H groups in total. The van der Waals surface area contributed by atoms with Crippen LogP contribution in [0, 0.1) is 5.92 Å². The molecule has 22 heavy (non-hydrogen) atoms. The molecule has 2 atom stereocenters. The van der Waals surface area contributed by atoms with Gasteiger partial charge in [0.2, 0.25) is 5.43 Å². The molecule has 122 valence electrons. The summed E-state index contributed by atoms with van der Waals surface area (Å²) in [5, 5.41) is 9.88. The molecule has 2 aliphatic rings. The third-order valence-electron chi connectivity index (χ3n) is 5.06. The lowest BCUT2D eigenvalue weighted by Crippen LogP contribution is -2.37. The van der Waals surface area contributed by atoms with Crippen molar-refractivity contribution < 1.29 is 9.84 Å². The van der Waals surface area contributed by atoms with Crippen molar-refractivity contribution >= 4 is 0 Å². The number of nitrogens with zero attached hydrogens (tertiary/aromatic N) is 2. The summed E-state index contributed by atoms with van der Waals surface area (Å²) in [6.45, 7) is 6.33. The highest BCUT2D eigenvalue weighted by atomic mass is 16.5. The van der Waals surface area contributed by atoms with Crippen molar-refractivity contribution in [1.29, 1.82) is 0 Å². The summed E-state index contributed by atoms with van der Waals surface area (Å²) in [5.41, 5.74) is 0.742. The fourth-order valence-corrected chi connectivity index (χ4v) is 3.71. The van der Waals surface area contributed by atoms with Crippen LogP contribution in [0.25, 0.3) is 0 Å². The molecule has 2 heterocycles. The van der Waals surface area contributed by atoms with Gasteiger partial charge < -0.3 is 14.4 Å². The minimum Gasteiger partial charge on any atom is -0.503 e. The van der Waals surface area contributed by atoms with E-state index < -0.39 is 0 Å². The standard InChI is InChI=1S/C17H26N2O3/c1-13-4-2-3-5-15(13)19-12-17(21)16(20)10-14(19)11-18-6-8-22-9-7-18/h10,12-13,15,21H,2-9,11H2,1H3. The highest BCUT2D eigenvalue weighted by Gasteiger charge is 2.25. The van der Waals surface area contributed by atoms with Gasteiger partial charge in [0.25, 0.3) is 0 Å². The van der Waals surface area contributed by atoms with Crippen molar-refractivity contribution in [3.63, 3.8) is 0 Å². The van der Waals surface area contributed by atoms with E-state index in [1.807, 2.05) is 0 Å². The summed E-state index contributed by atoms with van der Waals surface area (Å²) in [5.74, 6) is 0.447. The Morgan fingerprint density at radius 1 is 1.27 bits per heavy atom. The Morgan fingerprint density at radius 2 is 2.00 bits per heavy atom. The van der Waals surface area contributed by atoms with Gasteiger partial charge in [-0.1, -0.05) is 19.8 Å². The number of hydrogen-bond donors (Lipinski definition) is 1. The van der Waals surface area contributed by atoms with E-state index in [2.05, 4.69) is 16.4 Å². The lowest BCUT2D eigenvalue weighted by atomic mass is 9.85. The molecular formula is C17H26N2O3. The van der Waals surface area contributed by atoms with Gasteiger partial charge >= 0.3 is 0 Å². The summed E-state index contributed by atoms with van der Waals surface area (Å²) in [6.07, 6.45) is 6.50. The maximum Gasteiger partial charge on any atom is 0.223 e. The Morgan fingerprint density at radius 3 is 2.73 bits per heavy atom. The molecule has 0 amide bonds. The molecule has 2 unspecified atom stereocenters. The number of morpholine rings is 1. The van der Waals surface area contributed by atoms with E-state index >= 15 is 0 Å². The Kier molecular flexibility index (Phi) is 4.84. The molecule has 0 radical (unpaired) electrons. The lowest BCUT2D eigenvalue weighted by molar-refractivity contribution is 0.0325. The fourth-order valence-electron chi connectivity index (χ4n) is 3.71. The van der Waals surface area contributed by atoms with Crippen LogP contribution in [0.3, 0.4) is 0 Å². The molecule has 2 fully saturated rings. The van der Waals surface area contributed by atoms with Gasteiger partial charge in [-0.3, -0.25) is 9.69 Å². The van der Waals surface area contributed by atoms with Crippen LogP contribution in [0.2, 0.25) is 0 Å². The predicted octanol–water partition coefficient (Wildman–Crippen LogP) is 2.14. The molecule has 0 aromatic carbocycles. The van der Waals surface area contributed by atoms with Gasteiger partial charge in [0.15, 0.2) is 5.75 Å². The SMILES string of the molecule is CC1CCCCC1n1cc(O)c(=O)cc1CN1CCOCC1. The highest BCUT2D eigenvalue weighted by molar-refractivity contribution is 5.21. The Balaban J connectivity index is 1.89. The lowest BCUT2D eigenvalue weighted by Gasteiger charge is -2.34. The summed E-state index contributed by atoms with van der Waals surface area (Å²) < 4.78 is 7.56. The van der Waals surface area contributed by atoms with Gasteiger partial charge in [-0.05, 0) is 18.8 Å². The Hall–Kier alpha value is -1.33. The smallest absolute Gasteiger partial charge is 0.223 e. The first-order valence-electron chi connectivity index (χ1n) is 8.39. The van der Waals surface area contributed by atoms with Crippen LogP contribution < -0.4 is 5.43 Å². The first kappa shape index (κ1) is 15.6. The molecule has 1 aliphatic carbocycles. The molecule has 1 saturated heterocycles. The highest BCUT2D eigenvalue weighted by Crippen LogP contribution is 2.34. The van der Waals surface area contributed by atoms with E-state index in [-0.39, 0.29) is 11.2 Å². The predicted molar refractivity (Wildman–Crippen MR) is 85.1 cm³/mol. The fraction of sp³-hybridized carbons (Fsp3) is 0.706. The van der Waals surface area contributed by atoms with Crippen molar-refractivity contribution in [3.8, 4) is 5.75 Å². The first-order valence-corrected chi connectivity index (χ1v) is 8.39. The molecule has 1 aliphatic heterocycles. The van der Waals surface area contributed by atoms with Crippen molar-refractivity contribution in [2.75, 3.05) is 26.3 Å². The molecule has 1 aromatic heterocycles. The van der Waals surface area contributed by atoms with Gasteiger partial charge in [0.05, 0.1) is 19.4 Å². The van der Waals surface area contributed by atoms with Crippen molar-refractivity contribution in [2.45, 2.75) is 45.2 Å². The van der Waals surface area contributed by atoms with Crippen LogP contribution in [0.5, 0.6) is 5.75 Å². The Labute approximate surface area is 131 Å². The maximum atomic E-state index is 11.9. The molecule has 0 spiro atoms. The monoisotopic (exact) mass is 306 g/mol. The van der Waals surface area contributed by atoms with Crippen LogP contribution in [-0.4, -0.2) is 40.9 Å². The molecule has 3 rings (SSSR count). The van der Waals surface area contributed by atoms with Gasteiger partial charge in [-0.15, -0.1) is 0 Å². The number of ether oxygens (including phenoxy) is 1. The van der Waals surface area contributed by atoms with Gasteiger partial charge in [0, 0.05) is 37.4 Å². The van der Waals surface area contributed by atoms with Crippen molar-refractivity contribution in [3.05, 3.63) is 28.2 Å². The topological polar surface area (TPSA) is 54.7 Å². The number of aromatic nitrogens is 1. The average Bonchev–Trinajstić information content (AvgIpc) is 2.52. The minimum absolute atomic E-state index is 0.136. The third-order valence-corrected chi connectivity index (χ3v) is 5.06. The second kappa shape index (κ2) is 6.84.